The monoisotopic (exact) mass is 387 g/mol. The summed E-state index contributed by atoms with van der Waals surface area (Å²) in [5.41, 5.74) is 0.446. The average Bonchev–Trinajstić information content (AvgIpc) is 3.36. The van der Waals surface area contributed by atoms with Crippen LogP contribution < -0.4 is 5.32 Å². The number of benzene rings is 1. The minimum atomic E-state index is -0.312. The summed E-state index contributed by atoms with van der Waals surface area (Å²) in [4.78, 5) is 19.9. The first-order valence-electron chi connectivity index (χ1n) is 9.93. The number of halogens is 1. The first-order valence-corrected chi connectivity index (χ1v) is 10.7. The predicted molar refractivity (Wildman–Crippen MR) is 106 cm³/mol. The van der Waals surface area contributed by atoms with Crippen molar-refractivity contribution in [1.82, 2.24) is 15.2 Å². The van der Waals surface area contributed by atoms with E-state index in [2.05, 4.69) is 15.2 Å². The van der Waals surface area contributed by atoms with Crippen LogP contribution in [0.1, 0.15) is 48.2 Å². The summed E-state index contributed by atoms with van der Waals surface area (Å²) in [6.45, 7) is 3.34. The number of rotatable bonds is 5. The Morgan fingerprint density at radius 1 is 1.19 bits per heavy atom. The van der Waals surface area contributed by atoms with Gasteiger partial charge < -0.3 is 10.2 Å². The van der Waals surface area contributed by atoms with Crippen LogP contribution in [0.15, 0.2) is 30.5 Å². The van der Waals surface area contributed by atoms with Gasteiger partial charge in [0.25, 0.3) is 5.91 Å². The van der Waals surface area contributed by atoms with E-state index < -0.39 is 0 Å². The van der Waals surface area contributed by atoms with Gasteiger partial charge in [0.05, 0.1) is 6.20 Å². The van der Waals surface area contributed by atoms with Crippen LogP contribution in [0.3, 0.4) is 0 Å². The van der Waals surface area contributed by atoms with Crippen LogP contribution in [0.4, 0.5) is 4.39 Å². The minimum absolute atomic E-state index is 0.0932. The number of carbonyl (C=O) groups excluding carboxylic acids is 1. The molecule has 144 valence electrons. The van der Waals surface area contributed by atoms with Gasteiger partial charge >= 0.3 is 0 Å². The molecule has 0 bridgehead atoms. The van der Waals surface area contributed by atoms with Gasteiger partial charge in [-0.3, -0.25) is 4.79 Å². The summed E-state index contributed by atoms with van der Waals surface area (Å²) < 4.78 is 13.9. The number of nitrogens with one attached hydrogen (secondary N) is 1. The number of carbonyl (C=O) groups is 1. The standard InChI is InChI=1S/C21H26FN3OS/c22-18-8-4-3-7-17(18)21-23-13-19(27-21)20(26)24-16-9-11-25(12-10-16)14-15-5-1-2-6-15/h3-4,7-8,13,15-16H,1-2,5-6,9-12,14H2,(H,24,26). The van der Waals surface area contributed by atoms with E-state index in [-0.39, 0.29) is 17.8 Å². The van der Waals surface area contributed by atoms with Gasteiger partial charge in [0.2, 0.25) is 0 Å². The molecule has 2 aliphatic rings. The molecule has 27 heavy (non-hydrogen) atoms. The summed E-state index contributed by atoms with van der Waals surface area (Å²) in [5, 5.41) is 3.69. The van der Waals surface area contributed by atoms with Gasteiger partial charge in [-0.25, -0.2) is 9.37 Å². The van der Waals surface area contributed by atoms with Crippen molar-refractivity contribution >= 4 is 17.2 Å². The predicted octanol–water partition coefficient (Wildman–Crippen LogP) is 4.33. The Morgan fingerprint density at radius 2 is 1.93 bits per heavy atom. The highest BCUT2D eigenvalue weighted by atomic mass is 32.1. The van der Waals surface area contributed by atoms with E-state index >= 15 is 0 Å². The maximum absolute atomic E-state index is 13.9. The lowest BCUT2D eigenvalue weighted by Crippen LogP contribution is -2.45. The molecular weight excluding hydrogens is 361 g/mol. The molecule has 2 fully saturated rings. The van der Waals surface area contributed by atoms with Gasteiger partial charge in [0.1, 0.15) is 15.7 Å². The highest BCUT2D eigenvalue weighted by molar-refractivity contribution is 7.16. The third-order valence-corrected chi connectivity index (χ3v) is 6.78. The molecule has 0 atom stereocenters. The molecule has 1 aliphatic carbocycles. The number of aromatic nitrogens is 1. The number of likely N-dealkylation sites (tertiary alicyclic amines) is 1. The van der Waals surface area contributed by atoms with E-state index in [0.717, 1.165) is 31.8 Å². The van der Waals surface area contributed by atoms with Crippen molar-refractivity contribution in [2.24, 2.45) is 5.92 Å². The van der Waals surface area contributed by atoms with E-state index in [1.165, 1.54) is 49.6 Å². The van der Waals surface area contributed by atoms with Crippen LogP contribution in [-0.2, 0) is 0 Å². The number of amides is 1. The quantitative estimate of drug-likeness (QED) is 0.830. The van der Waals surface area contributed by atoms with Gasteiger partial charge in [-0.1, -0.05) is 25.0 Å². The lowest BCUT2D eigenvalue weighted by Gasteiger charge is -2.33. The highest BCUT2D eigenvalue weighted by Gasteiger charge is 2.25. The molecule has 2 aromatic rings. The van der Waals surface area contributed by atoms with E-state index in [4.69, 9.17) is 0 Å². The van der Waals surface area contributed by atoms with Gasteiger partial charge in [0, 0.05) is 31.2 Å². The van der Waals surface area contributed by atoms with Gasteiger partial charge in [0.15, 0.2) is 0 Å². The Kier molecular flexibility index (Phi) is 5.83. The Bertz CT molecular complexity index is 779. The molecule has 0 radical (unpaired) electrons. The van der Waals surface area contributed by atoms with E-state index in [9.17, 15) is 9.18 Å². The van der Waals surface area contributed by atoms with Crippen molar-refractivity contribution in [1.29, 1.82) is 0 Å². The fourth-order valence-electron chi connectivity index (χ4n) is 4.21. The number of hydrogen-bond acceptors (Lipinski definition) is 4. The van der Waals surface area contributed by atoms with Gasteiger partial charge in [-0.05, 0) is 43.7 Å². The van der Waals surface area contributed by atoms with Crippen LogP contribution >= 0.6 is 11.3 Å². The average molecular weight is 388 g/mol. The molecule has 2 heterocycles. The van der Waals surface area contributed by atoms with Crippen LogP contribution in [0.25, 0.3) is 10.6 Å². The maximum atomic E-state index is 13.9. The second-order valence-corrected chi connectivity index (χ2v) is 8.74. The third kappa shape index (κ3) is 4.55. The molecule has 1 aromatic carbocycles. The fourth-order valence-corrected chi connectivity index (χ4v) is 5.06. The summed E-state index contributed by atoms with van der Waals surface area (Å²) >= 11 is 1.25. The number of hydrogen-bond donors (Lipinski definition) is 1. The van der Waals surface area contributed by atoms with E-state index in [1.807, 2.05) is 0 Å². The zero-order valence-electron chi connectivity index (χ0n) is 15.5. The topological polar surface area (TPSA) is 45.2 Å². The minimum Gasteiger partial charge on any atom is -0.348 e. The zero-order chi connectivity index (χ0) is 18.6. The molecule has 1 aliphatic heterocycles. The SMILES string of the molecule is O=C(NC1CCN(CC2CCCC2)CC1)c1cnc(-c2ccccc2F)s1. The normalized spacial score (nSPS) is 19.4. The fraction of sp³-hybridized carbons (Fsp3) is 0.524. The molecule has 0 unspecified atom stereocenters. The molecule has 1 N–H and O–H groups in total. The second kappa shape index (κ2) is 8.48. The number of nitrogens with zero attached hydrogens (tertiary/aromatic N) is 2. The second-order valence-electron chi connectivity index (χ2n) is 7.71. The number of thiazole rings is 1. The summed E-state index contributed by atoms with van der Waals surface area (Å²) in [5.74, 6) is 0.475. The molecule has 1 amide bonds. The smallest absolute Gasteiger partial charge is 0.263 e. The first-order chi connectivity index (χ1) is 13.2. The number of piperidine rings is 1. The first kappa shape index (κ1) is 18.6. The molecular formula is C21H26FN3OS. The van der Waals surface area contributed by atoms with Crippen molar-refractivity contribution in [3.63, 3.8) is 0 Å². The van der Waals surface area contributed by atoms with Crippen molar-refractivity contribution in [2.45, 2.75) is 44.6 Å². The van der Waals surface area contributed by atoms with E-state index in [0.29, 0.717) is 15.4 Å². The van der Waals surface area contributed by atoms with Crippen molar-refractivity contribution in [3.05, 3.63) is 41.2 Å². The summed E-state index contributed by atoms with van der Waals surface area (Å²) in [6.07, 6.45) is 9.09. The molecule has 6 heteroatoms. The Labute approximate surface area is 163 Å². The largest absolute Gasteiger partial charge is 0.348 e. The van der Waals surface area contributed by atoms with E-state index in [1.54, 1.807) is 24.4 Å². The maximum Gasteiger partial charge on any atom is 0.263 e. The zero-order valence-corrected chi connectivity index (χ0v) is 16.3. The molecule has 4 rings (SSSR count). The lowest BCUT2D eigenvalue weighted by molar-refractivity contribution is 0.0909. The van der Waals surface area contributed by atoms with Crippen LogP contribution in [0, 0.1) is 11.7 Å². The highest BCUT2D eigenvalue weighted by Crippen LogP contribution is 2.28. The van der Waals surface area contributed by atoms with Crippen LogP contribution in [0.2, 0.25) is 0 Å². The Balaban J connectivity index is 1.29. The van der Waals surface area contributed by atoms with Crippen molar-refractivity contribution in [3.8, 4) is 10.6 Å². The van der Waals surface area contributed by atoms with Crippen molar-refractivity contribution < 1.29 is 9.18 Å². The van der Waals surface area contributed by atoms with Crippen LogP contribution in [-0.4, -0.2) is 41.5 Å². The van der Waals surface area contributed by atoms with Gasteiger partial charge in [-0.15, -0.1) is 11.3 Å². The van der Waals surface area contributed by atoms with Crippen LogP contribution in [0.5, 0.6) is 0 Å². The molecule has 1 aromatic heterocycles. The molecule has 4 nitrogen and oxygen atoms in total. The Hall–Kier alpha value is -1.79. The Morgan fingerprint density at radius 3 is 2.67 bits per heavy atom. The molecule has 1 saturated carbocycles. The third-order valence-electron chi connectivity index (χ3n) is 5.75. The summed E-state index contributed by atoms with van der Waals surface area (Å²) in [7, 11) is 0. The summed E-state index contributed by atoms with van der Waals surface area (Å²) in [6, 6.07) is 6.75. The van der Waals surface area contributed by atoms with Crippen molar-refractivity contribution in [2.75, 3.05) is 19.6 Å². The molecule has 1 saturated heterocycles. The lowest BCUT2D eigenvalue weighted by atomic mass is 10.0. The van der Waals surface area contributed by atoms with Gasteiger partial charge in [-0.2, -0.15) is 0 Å². The molecule has 0 spiro atoms.